The molecule has 5 nitrogen and oxygen atoms in total. The highest BCUT2D eigenvalue weighted by molar-refractivity contribution is 5.84. The number of carbonyl (C=O) groups is 1. The summed E-state index contributed by atoms with van der Waals surface area (Å²) < 4.78 is 0. The molecule has 5 heteroatoms. The second-order valence-electron chi connectivity index (χ2n) is 1.70. The van der Waals surface area contributed by atoms with Crippen LogP contribution in [0.4, 0.5) is 0 Å². The Labute approximate surface area is 57.1 Å². The smallest absolute Gasteiger partial charge is 0.194 e. The van der Waals surface area contributed by atoms with Gasteiger partial charge in [0.15, 0.2) is 11.8 Å². The van der Waals surface area contributed by atoms with Gasteiger partial charge in [-0.1, -0.05) is 11.8 Å². The quantitative estimate of drug-likeness (QED) is 0.549. The first-order chi connectivity index (χ1) is 4.63. The predicted octanol–water partition coefficient (Wildman–Crippen LogP) is 0.990. The predicted molar refractivity (Wildman–Crippen MR) is 35.2 cm³/mol. The number of carbonyl (C=O) groups excluding carboxylic acids is 1. The normalized spacial score (nSPS) is 11.7. The zero-order valence-electron chi connectivity index (χ0n) is 5.40. The summed E-state index contributed by atoms with van der Waals surface area (Å²) in [6, 6.07) is -1.31. The lowest BCUT2D eigenvalue weighted by Crippen LogP contribution is -2.15. The summed E-state index contributed by atoms with van der Waals surface area (Å²) in [5, 5.41) is 4.69. The molecule has 0 spiro atoms. The molecule has 0 aliphatic rings. The standard InChI is InChI=1S/C5H6N2O3/c1-3(6-9)5(7-10)4(2)8/h5H,1H2,2H3. The van der Waals surface area contributed by atoms with Gasteiger partial charge in [0.25, 0.3) is 0 Å². The number of nitroso groups, excluding NO2 is 2. The van der Waals surface area contributed by atoms with Crippen molar-refractivity contribution in [3.63, 3.8) is 0 Å². The largest absolute Gasteiger partial charge is 0.297 e. The maximum atomic E-state index is 10.4. The topological polar surface area (TPSA) is 75.9 Å². The Balaban J connectivity index is 4.34. The molecule has 0 fully saturated rings. The van der Waals surface area contributed by atoms with Crippen molar-refractivity contribution in [3.8, 4) is 0 Å². The number of hydrogen-bond donors (Lipinski definition) is 0. The summed E-state index contributed by atoms with van der Waals surface area (Å²) in [6.07, 6.45) is 0. The Kier molecular flexibility index (Phi) is 3.10. The van der Waals surface area contributed by atoms with Crippen LogP contribution < -0.4 is 0 Å². The van der Waals surface area contributed by atoms with Crippen LogP contribution in [0, 0.1) is 9.81 Å². The van der Waals surface area contributed by atoms with E-state index >= 15 is 0 Å². The number of Topliss-reactive ketones (excluding diaryl/α,β-unsaturated/α-hetero) is 1. The molecule has 1 atom stereocenters. The third-order valence-electron chi connectivity index (χ3n) is 0.923. The molecule has 0 aromatic carbocycles. The first-order valence-corrected chi connectivity index (χ1v) is 2.48. The number of nitrogens with zero attached hydrogens (tertiary/aromatic N) is 2. The summed E-state index contributed by atoms with van der Waals surface area (Å²) in [5.74, 6) is -0.528. The Bertz CT molecular complexity index is 187. The van der Waals surface area contributed by atoms with Gasteiger partial charge >= 0.3 is 0 Å². The van der Waals surface area contributed by atoms with Crippen LogP contribution in [0.3, 0.4) is 0 Å². The van der Waals surface area contributed by atoms with Gasteiger partial charge in [-0.2, -0.15) is 0 Å². The highest BCUT2D eigenvalue weighted by atomic mass is 16.3. The first kappa shape index (κ1) is 8.61. The van der Waals surface area contributed by atoms with E-state index in [1.165, 1.54) is 0 Å². The highest BCUT2D eigenvalue weighted by Crippen LogP contribution is 2.05. The van der Waals surface area contributed by atoms with E-state index in [0.29, 0.717) is 0 Å². The van der Waals surface area contributed by atoms with Gasteiger partial charge in [0.1, 0.15) is 5.70 Å². The van der Waals surface area contributed by atoms with Gasteiger partial charge in [-0.05, 0) is 12.1 Å². The fourth-order valence-corrected chi connectivity index (χ4v) is 0.420. The molecule has 0 aliphatic carbocycles. The second kappa shape index (κ2) is 3.60. The lowest BCUT2D eigenvalue weighted by atomic mass is 10.2. The van der Waals surface area contributed by atoms with Crippen molar-refractivity contribution >= 4 is 5.78 Å². The van der Waals surface area contributed by atoms with Crippen molar-refractivity contribution in [3.05, 3.63) is 22.1 Å². The first-order valence-electron chi connectivity index (χ1n) is 2.48. The fraction of sp³-hybridized carbons (Fsp3) is 0.400. The van der Waals surface area contributed by atoms with Gasteiger partial charge in [-0.3, -0.25) is 4.79 Å². The van der Waals surface area contributed by atoms with Crippen molar-refractivity contribution in [2.24, 2.45) is 10.4 Å². The summed E-state index contributed by atoms with van der Waals surface area (Å²) in [5.41, 5.74) is -0.345. The van der Waals surface area contributed by atoms with E-state index in [9.17, 15) is 14.6 Å². The molecule has 1 unspecified atom stereocenters. The van der Waals surface area contributed by atoms with Crippen molar-refractivity contribution in [1.29, 1.82) is 0 Å². The van der Waals surface area contributed by atoms with E-state index in [1.807, 2.05) is 0 Å². The third-order valence-corrected chi connectivity index (χ3v) is 0.923. The maximum Gasteiger partial charge on any atom is 0.194 e. The van der Waals surface area contributed by atoms with Gasteiger partial charge in [0.05, 0.1) is 0 Å². The lowest BCUT2D eigenvalue weighted by Gasteiger charge is -1.97. The number of hydrogen-bond acceptors (Lipinski definition) is 5. The minimum Gasteiger partial charge on any atom is -0.297 e. The van der Waals surface area contributed by atoms with E-state index in [-0.39, 0.29) is 5.70 Å². The summed E-state index contributed by atoms with van der Waals surface area (Å²) in [4.78, 5) is 29.9. The van der Waals surface area contributed by atoms with E-state index in [4.69, 9.17) is 0 Å². The minimum absolute atomic E-state index is 0.345. The highest BCUT2D eigenvalue weighted by Gasteiger charge is 2.18. The van der Waals surface area contributed by atoms with Gasteiger partial charge < -0.3 is 0 Å². The second-order valence-corrected chi connectivity index (χ2v) is 1.70. The fourth-order valence-electron chi connectivity index (χ4n) is 0.420. The minimum atomic E-state index is -1.31. The van der Waals surface area contributed by atoms with Crippen LogP contribution in [-0.4, -0.2) is 11.8 Å². The molecule has 0 rings (SSSR count). The zero-order valence-corrected chi connectivity index (χ0v) is 5.40. The van der Waals surface area contributed by atoms with Crippen molar-refractivity contribution in [2.75, 3.05) is 0 Å². The SMILES string of the molecule is C=C(N=O)C(N=O)C(C)=O. The van der Waals surface area contributed by atoms with Crippen LogP contribution in [0.25, 0.3) is 0 Å². The zero-order chi connectivity index (χ0) is 8.15. The van der Waals surface area contributed by atoms with E-state index in [1.54, 1.807) is 0 Å². The molecule has 0 amide bonds. The molecule has 54 valence electrons. The van der Waals surface area contributed by atoms with Crippen LogP contribution in [0.1, 0.15) is 6.92 Å². The maximum absolute atomic E-state index is 10.4. The van der Waals surface area contributed by atoms with Gasteiger partial charge in [-0.15, -0.1) is 9.81 Å². The molecule has 0 saturated carbocycles. The van der Waals surface area contributed by atoms with Gasteiger partial charge in [-0.25, -0.2) is 0 Å². The Hall–Kier alpha value is -1.39. The monoisotopic (exact) mass is 142 g/mol. The van der Waals surface area contributed by atoms with Crippen molar-refractivity contribution in [1.82, 2.24) is 0 Å². The van der Waals surface area contributed by atoms with Crippen LogP contribution >= 0.6 is 0 Å². The lowest BCUT2D eigenvalue weighted by molar-refractivity contribution is -0.117. The average Bonchev–Trinajstić information content (AvgIpc) is 1.88. The molecule has 0 aromatic heterocycles. The van der Waals surface area contributed by atoms with E-state index in [0.717, 1.165) is 6.92 Å². The van der Waals surface area contributed by atoms with E-state index < -0.39 is 11.8 Å². The van der Waals surface area contributed by atoms with Crippen molar-refractivity contribution in [2.45, 2.75) is 13.0 Å². The van der Waals surface area contributed by atoms with Crippen LogP contribution in [0.15, 0.2) is 22.6 Å². The van der Waals surface area contributed by atoms with Crippen LogP contribution in [-0.2, 0) is 4.79 Å². The summed E-state index contributed by atoms with van der Waals surface area (Å²) in [7, 11) is 0. The van der Waals surface area contributed by atoms with Crippen molar-refractivity contribution < 1.29 is 4.79 Å². The molecule has 0 heterocycles. The molecule has 0 bridgehead atoms. The third kappa shape index (κ3) is 1.85. The van der Waals surface area contributed by atoms with Gasteiger partial charge in [0.2, 0.25) is 0 Å². The Morgan fingerprint density at radius 3 is 2.10 bits per heavy atom. The molecule has 0 aliphatic heterocycles. The Morgan fingerprint density at radius 2 is 2.00 bits per heavy atom. The summed E-state index contributed by atoms with van der Waals surface area (Å²) in [6.45, 7) is 4.21. The summed E-state index contributed by atoms with van der Waals surface area (Å²) >= 11 is 0. The van der Waals surface area contributed by atoms with Gasteiger partial charge in [0, 0.05) is 0 Å². The number of rotatable bonds is 4. The average molecular weight is 142 g/mol. The molecule has 0 aromatic rings. The number of ketones is 1. The molecule has 10 heavy (non-hydrogen) atoms. The molecule has 0 saturated heterocycles. The Morgan fingerprint density at radius 1 is 1.50 bits per heavy atom. The molecular formula is C5H6N2O3. The van der Waals surface area contributed by atoms with E-state index in [2.05, 4.69) is 16.9 Å². The van der Waals surface area contributed by atoms with Crippen LogP contribution in [0.5, 0.6) is 0 Å². The van der Waals surface area contributed by atoms with Crippen LogP contribution in [0.2, 0.25) is 0 Å². The molecule has 0 N–H and O–H groups in total. The molecular weight excluding hydrogens is 136 g/mol. The molecule has 0 radical (unpaired) electrons.